The highest BCUT2D eigenvalue weighted by Crippen LogP contribution is 2.17. The topological polar surface area (TPSA) is 87.1 Å². The maximum absolute atomic E-state index is 11.8. The minimum absolute atomic E-state index is 0.0183. The molecule has 0 aliphatic carbocycles. The van der Waals surface area contributed by atoms with Crippen LogP contribution in [0.4, 0.5) is 0 Å². The SMILES string of the molecule is COC(=O)C(=C(CC=O)C(=O)O)N1CCN(C)CC1. The van der Waals surface area contributed by atoms with Gasteiger partial charge in [0.1, 0.15) is 12.0 Å². The molecule has 0 spiro atoms. The van der Waals surface area contributed by atoms with Gasteiger partial charge in [0.05, 0.1) is 12.7 Å². The predicted octanol–water partition coefficient (Wildman–Crippen LogP) is -0.665. The van der Waals surface area contributed by atoms with Gasteiger partial charge in [0.2, 0.25) is 0 Å². The number of aldehydes is 1. The van der Waals surface area contributed by atoms with Gasteiger partial charge in [-0.25, -0.2) is 9.59 Å². The van der Waals surface area contributed by atoms with Gasteiger partial charge in [-0.05, 0) is 7.05 Å². The van der Waals surface area contributed by atoms with Crippen LogP contribution in [0.25, 0.3) is 0 Å². The molecule has 0 bridgehead atoms. The fourth-order valence-electron chi connectivity index (χ4n) is 1.94. The third kappa shape index (κ3) is 3.78. The molecule has 1 aliphatic heterocycles. The van der Waals surface area contributed by atoms with Gasteiger partial charge in [-0.3, -0.25) is 0 Å². The molecule has 1 N–H and O–H groups in total. The molecule has 1 rings (SSSR count). The summed E-state index contributed by atoms with van der Waals surface area (Å²) in [5, 5.41) is 9.14. The average molecular weight is 270 g/mol. The summed E-state index contributed by atoms with van der Waals surface area (Å²) < 4.78 is 4.64. The quantitative estimate of drug-likeness (QED) is 0.403. The van der Waals surface area contributed by atoms with Gasteiger partial charge in [0.15, 0.2) is 0 Å². The number of rotatable bonds is 5. The lowest BCUT2D eigenvalue weighted by molar-refractivity contribution is -0.140. The van der Waals surface area contributed by atoms with Crippen molar-refractivity contribution in [3.8, 4) is 0 Å². The van der Waals surface area contributed by atoms with Crippen LogP contribution in [0, 0.1) is 0 Å². The van der Waals surface area contributed by atoms with E-state index in [0.29, 0.717) is 32.5 Å². The summed E-state index contributed by atoms with van der Waals surface area (Å²) in [6.45, 7) is 2.48. The Kier molecular flexibility index (Phi) is 5.50. The molecule has 1 heterocycles. The molecule has 19 heavy (non-hydrogen) atoms. The standard InChI is InChI=1S/C12H18N2O5/c1-13-4-6-14(7-5-13)10(12(18)19-2)9(3-8-15)11(16)17/h8H,3-7H2,1-2H3,(H,16,17). The first-order valence-corrected chi connectivity index (χ1v) is 5.93. The van der Waals surface area contributed by atoms with E-state index in [4.69, 9.17) is 5.11 Å². The maximum atomic E-state index is 11.8. The molecule has 106 valence electrons. The molecule has 7 nitrogen and oxygen atoms in total. The lowest BCUT2D eigenvalue weighted by Crippen LogP contribution is -2.46. The zero-order valence-corrected chi connectivity index (χ0v) is 11.1. The second-order valence-corrected chi connectivity index (χ2v) is 4.29. The van der Waals surface area contributed by atoms with Gasteiger partial charge in [0, 0.05) is 32.6 Å². The highest BCUT2D eigenvalue weighted by molar-refractivity contribution is 6.00. The Morgan fingerprint density at radius 2 is 1.84 bits per heavy atom. The summed E-state index contributed by atoms with van der Waals surface area (Å²) in [7, 11) is 3.14. The molecule has 0 saturated carbocycles. The van der Waals surface area contributed by atoms with Crippen molar-refractivity contribution >= 4 is 18.2 Å². The molecule has 0 atom stereocenters. The van der Waals surface area contributed by atoms with E-state index in [9.17, 15) is 14.4 Å². The van der Waals surface area contributed by atoms with E-state index >= 15 is 0 Å². The van der Waals surface area contributed by atoms with E-state index < -0.39 is 11.9 Å². The number of hydrogen-bond donors (Lipinski definition) is 1. The maximum Gasteiger partial charge on any atom is 0.354 e. The summed E-state index contributed by atoms with van der Waals surface area (Å²) in [6, 6.07) is 0. The Balaban J connectivity index is 3.11. The monoisotopic (exact) mass is 270 g/mol. The zero-order valence-electron chi connectivity index (χ0n) is 11.1. The second kappa shape index (κ2) is 6.89. The lowest BCUT2D eigenvalue weighted by atomic mass is 10.1. The third-order valence-electron chi connectivity index (χ3n) is 3.03. The van der Waals surface area contributed by atoms with Crippen molar-refractivity contribution in [3.63, 3.8) is 0 Å². The number of carboxylic acids is 1. The number of nitrogens with zero attached hydrogens (tertiary/aromatic N) is 2. The van der Waals surface area contributed by atoms with Crippen molar-refractivity contribution in [2.45, 2.75) is 6.42 Å². The molecule has 1 saturated heterocycles. The number of carbonyl (C=O) groups excluding carboxylic acids is 2. The van der Waals surface area contributed by atoms with Crippen LogP contribution in [0.3, 0.4) is 0 Å². The van der Waals surface area contributed by atoms with E-state index in [1.165, 1.54) is 7.11 Å². The number of esters is 1. The van der Waals surface area contributed by atoms with Crippen LogP contribution in [0.2, 0.25) is 0 Å². The van der Waals surface area contributed by atoms with Gasteiger partial charge in [-0.2, -0.15) is 0 Å². The van der Waals surface area contributed by atoms with E-state index in [-0.39, 0.29) is 17.7 Å². The average Bonchev–Trinajstić information content (AvgIpc) is 2.39. The van der Waals surface area contributed by atoms with Crippen molar-refractivity contribution in [2.24, 2.45) is 0 Å². The number of aliphatic carboxylic acids is 1. The minimum Gasteiger partial charge on any atom is -0.478 e. The molecular formula is C12H18N2O5. The van der Waals surface area contributed by atoms with Gasteiger partial charge in [0.25, 0.3) is 0 Å². The van der Waals surface area contributed by atoms with Crippen molar-refractivity contribution < 1.29 is 24.2 Å². The van der Waals surface area contributed by atoms with Crippen LogP contribution >= 0.6 is 0 Å². The van der Waals surface area contributed by atoms with Gasteiger partial charge >= 0.3 is 11.9 Å². The first-order valence-electron chi connectivity index (χ1n) is 5.93. The van der Waals surface area contributed by atoms with E-state index in [0.717, 1.165) is 0 Å². The number of methoxy groups -OCH3 is 1. The zero-order chi connectivity index (χ0) is 14.4. The third-order valence-corrected chi connectivity index (χ3v) is 3.03. The van der Waals surface area contributed by atoms with Crippen molar-refractivity contribution in [2.75, 3.05) is 40.3 Å². The van der Waals surface area contributed by atoms with Gasteiger partial charge in [-0.1, -0.05) is 0 Å². The van der Waals surface area contributed by atoms with E-state index in [2.05, 4.69) is 9.64 Å². The summed E-state index contributed by atoms with van der Waals surface area (Å²) in [5.41, 5.74) is -0.235. The fourth-order valence-corrected chi connectivity index (χ4v) is 1.94. The highest BCUT2D eigenvalue weighted by atomic mass is 16.5. The lowest BCUT2D eigenvalue weighted by Gasteiger charge is -2.35. The molecule has 1 fully saturated rings. The summed E-state index contributed by atoms with van der Waals surface area (Å²) in [5.74, 6) is -1.99. The first-order chi connectivity index (χ1) is 9.01. The molecule has 0 aromatic heterocycles. The van der Waals surface area contributed by atoms with Crippen LogP contribution in [0.5, 0.6) is 0 Å². The summed E-state index contributed by atoms with van der Waals surface area (Å²) in [4.78, 5) is 37.3. The van der Waals surface area contributed by atoms with E-state index in [1.54, 1.807) is 4.90 Å². The molecule has 0 unspecified atom stereocenters. The number of likely N-dealkylation sites (N-methyl/N-ethyl adjacent to an activating group) is 1. The summed E-state index contributed by atoms with van der Waals surface area (Å²) >= 11 is 0. The highest BCUT2D eigenvalue weighted by Gasteiger charge is 2.28. The number of carboxylic acid groups (broad SMARTS) is 1. The molecule has 1 aliphatic rings. The van der Waals surface area contributed by atoms with Crippen molar-refractivity contribution in [3.05, 3.63) is 11.3 Å². The van der Waals surface area contributed by atoms with Crippen LogP contribution in [-0.4, -0.2) is 73.5 Å². The van der Waals surface area contributed by atoms with Crippen LogP contribution in [-0.2, 0) is 19.1 Å². The van der Waals surface area contributed by atoms with Crippen LogP contribution < -0.4 is 0 Å². The smallest absolute Gasteiger partial charge is 0.354 e. The van der Waals surface area contributed by atoms with Crippen LogP contribution in [0.15, 0.2) is 11.3 Å². The van der Waals surface area contributed by atoms with Crippen molar-refractivity contribution in [1.29, 1.82) is 0 Å². The Morgan fingerprint density at radius 1 is 1.26 bits per heavy atom. The number of piperazine rings is 1. The fraction of sp³-hybridized carbons (Fsp3) is 0.583. The Hall–Kier alpha value is -1.89. The number of ether oxygens (including phenoxy) is 1. The number of carbonyl (C=O) groups is 3. The molecular weight excluding hydrogens is 252 g/mol. The summed E-state index contributed by atoms with van der Waals surface area (Å²) in [6.07, 6.45) is 0.161. The largest absolute Gasteiger partial charge is 0.478 e. The Bertz CT molecular complexity index is 397. The molecule has 7 heteroatoms. The Labute approximate surface area is 111 Å². The molecule has 0 radical (unpaired) electrons. The Morgan fingerprint density at radius 3 is 2.26 bits per heavy atom. The molecule has 0 amide bonds. The van der Waals surface area contributed by atoms with Crippen molar-refractivity contribution in [1.82, 2.24) is 9.80 Å². The minimum atomic E-state index is -1.27. The van der Waals surface area contributed by atoms with Crippen LogP contribution in [0.1, 0.15) is 6.42 Å². The normalized spacial score (nSPS) is 17.7. The second-order valence-electron chi connectivity index (χ2n) is 4.29. The van der Waals surface area contributed by atoms with Gasteiger partial charge in [-0.15, -0.1) is 0 Å². The predicted molar refractivity (Wildman–Crippen MR) is 66.4 cm³/mol. The molecule has 0 aromatic carbocycles. The number of hydrogen-bond acceptors (Lipinski definition) is 6. The van der Waals surface area contributed by atoms with Gasteiger partial charge < -0.3 is 24.4 Å². The first kappa shape index (κ1) is 15.2. The van der Waals surface area contributed by atoms with E-state index in [1.807, 2.05) is 7.05 Å². The molecule has 0 aromatic rings.